The molecule has 164 valence electrons. The Hall–Kier alpha value is -3.31. The van der Waals surface area contributed by atoms with Gasteiger partial charge in [0, 0.05) is 5.56 Å². The average molecular weight is 431 g/mol. The van der Waals surface area contributed by atoms with Crippen molar-refractivity contribution in [2.45, 2.75) is 45.2 Å². The van der Waals surface area contributed by atoms with Crippen molar-refractivity contribution in [1.82, 2.24) is 15.5 Å². The van der Waals surface area contributed by atoms with Gasteiger partial charge in [0.15, 0.2) is 0 Å². The first-order chi connectivity index (χ1) is 13.9. The standard InChI is InChI=1S/C18H20F3N3O6/c1-17(2,3)29-16(26)22-12(9-13(25)27-4)15-23-14(24-30-15)10-5-7-11(8-6-10)28-18(19,20)21/h5-8,12H,9H2,1-4H3,(H,22,26)/t12-/m0/s1. The molecule has 1 aromatic heterocycles. The first-order valence-corrected chi connectivity index (χ1v) is 8.62. The zero-order chi connectivity index (χ0) is 22.5. The first-order valence-electron chi connectivity index (χ1n) is 8.62. The zero-order valence-corrected chi connectivity index (χ0v) is 16.6. The fourth-order valence-electron chi connectivity index (χ4n) is 2.20. The normalized spacial score (nSPS) is 12.8. The van der Waals surface area contributed by atoms with Gasteiger partial charge in [-0.25, -0.2) is 4.79 Å². The molecule has 1 heterocycles. The van der Waals surface area contributed by atoms with Crippen molar-refractivity contribution in [3.8, 4) is 17.1 Å². The smallest absolute Gasteiger partial charge is 0.469 e. The van der Waals surface area contributed by atoms with Gasteiger partial charge >= 0.3 is 18.4 Å². The molecule has 9 nitrogen and oxygen atoms in total. The van der Waals surface area contributed by atoms with Crippen LogP contribution in [0.15, 0.2) is 28.8 Å². The molecule has 1 atom stereocenters. The second-order valence-corrected chi connectivity index (χ2v) is 7.01. The van der Waals surface area contributed by atoms with E-state index in [1.54, 1.807) is 20.8 Å². The van der Waals surface area contributed by atoms with E-state index in [0.717, 1.165) is 12.1 Å². The second kappa shape index (κ2) is 9.01. The number of alkyl carbamates (subject to hydrolysis) is 1. The molecule has 0 bridgehead atoms. The highest BCUT2D eigenvalue weighted by molar-refractivity contribution is 5.73. The van der Waals surface area contributed by atoms with Gasteiger partial charge in [0.2, 0.25) is 11.7 Å². The highest BCUT2D eigenvalue weighted by Crippen LogP contribution is 2.26. The van der Waals surface area contributed by atoms with E-state index in [1.165, 1.54) is 19.2 Å². The maximum absolute atomic E-state index is 12.3. The van der Waals surface area contributed by atoms with Crippen LogP contribution in [0.1, 0.15) is 39.1 Å². The third-order valence-electron chi connectivity index (χ3n) is 3.38. The maximum atomic E-state index is 12.3. The number of esters is 1. The summed E-state index contributed by atoms with van der Waals surface area (Å²) in [5, 5.41) is 6.18. The summed E-state index contributed by atoms with van der Waals surface area (Å²) in [6.45, 7) is 5.00. The van der Waals surface area contributed by atoms with Crippen LogP contribution in [-0.4, -0.2) is 41.3 Å². The van der Waals surface area contributed by atoms with Gasteiger partial charge in [0.25, 0.3) is 0 Å². The van der Waals surface area contributed by atoms with E-state index in [1.807, 2.05) is 0 Å². The fourth-order valence-corrected chi connectivity index (χ4v) is 2.20. The zero-order valence-electron chi connectivity index (χ0n) is 16.6. The Bertz CT molecular complexity index is 875. The predicted octanol–water partition coefficient (Wildman–Crippen LogP) is 3.76. The first kappa shape index (κ1) is 23.0. The minimum Gasteiger partial charge on any atom is -0.469 e. The average Bonchev–Trinajstić information content (AvgIpc) is 3.08. The van der Waals surface area contributed by atoms with Gasteiger partial charge in [-0.15, -0.1) is 13.2 Å². The van der Waals surface area contributed by atoms with E-state index in [-0.39, 0.29) is 18.1 Å². The molecule has 2 rings (SSSR count). The van der Waals surface area contributed by atoms with Crippen molar-refractivity contribution < 1.29 is 41.5 Å². The SMILES string of the molecule is COC(=O)C[C@H](NC(=O)OC(C)(C)C)c1nc(-c2ccc(OC(F)(F)F)cc2)no1. The molecule has 0 saturated heterocycles. The Morgan fingerprint density at radius 1 is 1.17 bits per heavy atom. The number of methoxy groups -OCH3 is 1. The van der Waals surface area contributed by atoms with E-state index in [9.17, 15) is 22.8 Å². The molecule has 0 aliphatic rings. The minimum atomic E-state index is -4.81. The molecule has 1 N–H and O–H groups in total. The van der Waals surface area contributed by atoms with Crippen molar-refractivity contribution in [3.05, 3.63) is 30.2 Å². The van der Waals surface area contributed by atoms with Crippen LogP contribution < -0.4 is 10.1 Å². The van der Waals surface area contributed by atoms with E-state index in [0.29, 0.717) is 5.56 Å². The quantitative estimate of drug-likeness (QED) is 0.688. The number of nitrogens with zero attached hydrogens (tertiary/aromatic N) is 2. The van der Waals surface area contributed by atoms with Crippen LogP contribution in [0.5, 0.6) is 5.75 Å². The number of hydrogen-bond donors (Lipinski definition) is 1. The van der Waals surface area contributed by atoms with Gasteiger partial charge in [-0.3, -0.25) is 4.79 Å². The second-order valence-electron chi connectivity index (χ2n) is 7.01. The lowest BCUT2D eigenvalue weighted by molar-refractivity contribution is -0.274. The van der Waals surface area contributed by atoms with Crippen LogP contribution in [0.25, 0.3) is 11.4 Å². The number of benzene rings is 1. The summed E-state index contributed by atoms with van der Waals surface area (Å²) in [5.74, 6) is -1.14. The van der Waals surface area contributed by atoms with Crippen molar-refractivity contribution in [3.63, 3.8) is 0 Å². The molecule has 12 heteroatoms. The highest BCUT2D eigenvalue weighted by Gasteiger charge is 2.31. The third-order valence-corrected chi connectivity index (χ3v) is 3.38. The third kappa shape index (κ3) is 7.26. The maximum Gasteiger partial charge on any atom is 0.573 e. The van der Waals surface area contributed by atoms with Crippen LogP contribution >= 0.6 is 0 Å². The lowest BCUT2D eigenvalue weighted by Gasteiger charge is -2.21. The summed E-state index contributed by atoms with van der Waals surface area (Å²) in [4.78, 5) is 27.8. The molecule has 30 heavy (non-hydrogen) atoms. The Kier molecular flexibility index (Phi) is 6.90. The topological polar surface area (TPSA) is 113 Å². The van der Waals surface area contributed by atoms with Crippen LogP contribution in [-0.2, 0) is 14.3 Å². The molecule has 0 aliphatic heterocycles. The Morgan fingerprint density at radius 2 is 1.80 bits per heavy atom. The van der Waals surface area contributed by atoms with Gasteiger partial charge in [-0.05, 0) is 45.0 Å². The Morgan fingerprint density at radius 3 is 2.33 bits per heavy atom. The number of rotatable bonds is 6. The van der Waals surface area contributed by atoms with Crippen LogP contribution in [0.2, 0.25) is 0 Å². The number of carbonyl (C=O) groups excluding carboxylic acids is 2. The lowest BCUT2D eigenvalue weighted by atomic mass is 10.2. The number of alkyl halides is 3. The summed E-state index contributed by atoms with van der Waals surface area (Å²) in [6, 6.07) is 3.73. The van der Waals surface area contributed by atoms with Gasteiger partial charge in [-0.2, -0.15) is 4.98 Å². The highest BCUT2D eigenvalue weighted by atomic mass is 19.4. The molecule has 1 aromatic carbocycles. The van der Waals surface area contributed by atoms with Gasteiger partial charge in [-0.1, -0.05) is 5.16 Å². The molecule has 0 radical (unpaired) electrons. The summed E-state index contributed by atoms with van der Waals surface area (Å²) >= 11 is 0. The van der Waals surface area contributed by atoms with Crippen LogP contribution in [0.3, 0.4) is 0 Å². The molecule has 1 amide bonds. The summed E-state index contributed by atoms with van der Waals surface area (Å²) in [5.41, 5.74) is -0.450. The Labute approximate surface area is 169 Å². The van der Waals surface area contributed by atoms with Crippen molar-refractivity contribution in [1.29, 1.82) is 0 Å². The molecule has 0 aliphatic carbocycles. The number of carbonyl (C=O) groups is 2. The summed E-state index contributed by atoms with van der Waals surface area (Å²) < 4.78 is 55.4. The number of amides is 1. The van der Waals surface area contributed by atoms with Crippen LogP contribution in [0, 0.1) is 0 Å². The number of aromatic nitrogens is 2. The van der Waals surface area contributed by atoms with E-state index >= 15 is 0 Å². The fraction of sp³-hybridized carbons (Fsp3) is 0.444. The monoisotopic (exact) mass is 431 g/mol. The molecule has 0 spiro atoms. The molecule has 0 saturated carbocycles. The summed E-state index contributed by atoms with van der Waals surface area (Å²) in [7, 11) is 1.18. The largest absolute Gasteiger partial charge is 0.573 e. The Balaban J connectivity index is 2.19. The molecule has 0 fully saturated rings. The molecule has 0 unspecified atom stereocenters. The minimum absolute atomic E-state index is 0.0319. The molecular formula is C18H20F3N3O6. The van der Waals surface area contributed by atoms with E-state index < -0.39 is 35.8 Å². The lowest BCUT2D eigenvalue weighted by Crippen LogP contribution is -2.36. The van der Waals surface area contributed by atoms with Crippen molar-refractivity contribution >= 4 is 12.1 Å². The van der Waals surface area contributed by atoms with E-state index in [4.69, 9.17) is 9.26 Å². The number of hydrogen-bond acceptors (Lipinski definition) is 8. The molecule has 2 aromatic rings. The van der Waals surface area contributed by atoms with Crippen LogP contribution in [0.4, 0.5) is 18.0 Å². The van der Waals surface area contributed by atoms with Crippen molar-refractivity contribution in [2.75, 3.05) is 7.11 Å². The van der Waals surface area contributed by atoms with E-state index in [2.05, 4.69) is 24.9 Å². The predicted molar refractivity (Wildman–Crippen MR) is 95.2 cm³/mol. The van der Waals surface area contributed by atoms with Gasteiger partial charge < -0.3 is 24.1 Å². The summed E-state index contributed by atoms with van der Waals surface area (Å²) in [6.07, 6.45) is -5.94. The van der Waals surface area contributed by atoms with Gasteiger partial charge in [0.1, 0.15) is 17.4 Å². The molecular weight excluding hydrogens is 411 g/mol. The number of nitrogens with one attached hydrogen (secondary N) is 1. The van der Waals surface area contributed by atoms with Crippen molar-refractivity contribution in [2.24, 2.45) is 0 Å². The number of ether oxygens (including phenoxy) is 3. The van der Waals surface area contributed by atoms with Gasteiger partial charge in [0.05, 0.1) is 13.5 Å². The number of halogens is 3.